The van der Waals surface area contributed by atoms with Crippen LogP contribution in [0, 0.1) is 0 Å². The van der Waals surface area contributed by atoms with Crippen LogP contribution in [0.4, 0.5) is 0 Å². The lowest BCUT2D eigenvalue weighted by Gasteiger charge is -2.00. The van der Waals surface area contributed by atoms with Crippen molar-refractivity contribution >= 4 is 11.1 Å². The summed E-state index contributed by atoms with van der Waals surface area (Å²) in [5.41, 5.74) is 9.45. The molecule has 0 radical (unpaired) electrons. The van der Waals surface area contributed by atoms with Crippen molar-refractivity contribution in [3.8, 4) is 11.3 Å². The van der Waals surface area contributed by atoms with Crippen LogP contribution in [-0.2, 0) is 6.54 Å². The zero-order valence-electron chi connectivity index (χ0n) is 8.86. The molecule has 0 amide bonds. The second kappa shape index (κ2) is 3.60. The first-order valence-electron chi connectivity index (χ1n) is 5.13. The molecule has 0 atom stereocenters. The number of rotatable bonds is 2. The molecule has 4 N–H and O–H groups in total. The zero-order valence-corrected chi connectivity index (χ0v) is 8.86. The van der Waals surface area contributed by atoms with Gasteiger partial charge in [0, 0.05) is 17.7 Å². The summed E-state index contributed by atoms with van der Waals surface area (Å²) in [6.07, 6.45) is 1.69. The second-order valence-electron chi connectivity index (χ2n) is 3.70. The van der Waals surface area contributed by atoms with E-state index in [4.69, 9.17) is 10.2 Å². The molecule has 3 rings (SSSR count). The molecular formula is C11H10N4O2. The lowest BCUT2D eigenvalue weighted by molar-refractivity contribution is 0.555. The van der Waals surface area contributed by atoms with E-state index in [9.17, 15) is 4.79 Å². The maximum atomic E-state index is 11.0. The summed E-state index contributed by atoms with van der Waals surface area (Å²) in [4.78, 5) is 13.6. The molecule has 0 unspecified atom stereocenters. The number of nitrogens with two attached hydrogens (primary N) is 1. The van der Waals surface area contributed by atoms with Crippen LogP contribution < -0.4 is 11.5 Å². The van der Waals surface area contributed by atoms with E-state index in [1.165, 1.54) is 0 Å². The Morgan fingerprint density at radius 3 is 3.12 bits per heavy atom. The Balaban J connectivity index is 2.20. The van der Waals surface area contributed by atoms with Gasteiger partial charge in [-0.2, -0.15) is 5.10 Å². The number of hydrogen-bond acceptors (Lipinski definition) is 4. The lowest BCUT2D eigenvalue weighted by Crippen LogP contribution is -1.96. The highest BCUT2D eigenvalue weighted by Crippen LogP contribution is 2.23. The van der Waals surface area contributed by atoms with E-state index >= 15 is 0 Å². The van der Waals surface area contributed by atoms with Gasteiger partial charge in [0.25, 0.3) is 0 Å². The Hall–Kier alpha value is -2.34. The fourth-order valence-corrected chi connectivity index (χ4v) is 1.82. The van der Waals surface area contributed by atoms with Gasteiger partial charge in [-0.15, -0.1) is 0 Å². The van der Waals surface area contributed by atoms with Crippen LogP contribution in [0.2, 0.25) is 0 Å². The molecule has 0 saturated carbocycles. The van der Waals surface area contributed by atoms with Gasteiger partial charge in [0.15, 0.2) is 5.58 Å². The molecule has 86 valence electrons. The summed E-state index contributed by atoms with van der Waals surface area (Å²) >= 11 is 0. The van der Waals surface area contributed by atoms with Crippen molar-refractivity contribution in [2.75, 3.05) is 0 Å². The quantitative estimate of drug-likeness (QED) is 0.610. The van der Waals surface area contributed by atoms with Crippen molar-refractivity contribution in [1.82, 2.24) is 15.2 Å². The second-order valence-corrected chi connectivity index (χ2v) is 3.70. The largest absolute Gasteiger partial charge is 0.417 e. The summed E-state index contributed by atoms with van der Waals surface area (Å²) in [7, 11) is 0. The predicted molar refractivity (Wildman–Crippen MR) is 62.3 cm³/mol. The van der Waals surface area contributed by atoms with Gasteiger partial charge in [-0.05, 0) is 12.1 Å². The standard InChI is InChI=1S/C11H10N4O2/c12-4-7-5-13-15-10(7)6-1-2-8-9(3-6)17-11(16)14-8/h1-3,5H,4,12H2,(H,13,15)(H,14,16). The third-order valence-electron chi connectivity index (χ3n) is 2.65. The minimum absolute atomic E-state index is 0.404. The maximum absolute atomic E-state index is 11.0. The summed E-state index contributed by atoms with van der Waals surface area (Å²) < 4.78 is 5.00. The van der Waals surface area contributed by atoms with Crippen LogP contribution in [0.15, 0.2) is 33.6 Å². The fourth-order valence-electron chi connectivity index (χ4n) is 1.82. The van der Waals surface area contributed by atoms with Crippen molar-refractivity contribution in [3.05, 3.63) is 40.5 Å². The van der Waals surface area contributed by atoms with Gasteiger partial charge in [-0.1, -0.05) is 6.07 Å². The molecule has 1 aromatic carbocycles. The van der Waals surface area contributed by atoms with E-state index in [2.05, 4.69) is 15.2 Å². The van der Waals surface area contributed by atoms with Crippen molar-refractivity contribution < 1.29 is 4.42 Å². The van der Waals surface area contributed by atoms with Gasteiger partial charge in [0.2, 0.25) is 0 Å². The van der Waals surface area contributed by atoms with Gasteiger partial charge >= 0.3 is 5.76 Å². The van der Waals surface area contributed by atoms with Crippen molar-refractivity contribution in [2.24, 2.45) is 5.73 Å². The van der Waals surface area contributed by atoms with Crippen LogP contribution in [0.3, 0.4) is 0 Å². The maximum Gasteiger partial charge on any atom is 0.417 e. The van der Waals surface area contributed by atoms with Crippen molar-refractivity contribution in [3.63, 3.8) is 0 Å². The SMILES string of the molecule is NCc1cn[nH]c1-c1ccc2[nH]c(=O)oc2c1. The van der Waals surface area contributed by atoms with E-state index in [0.717, 1.165) is 16.8 Å². The van der Waals surface area contributed by atoms with E-state index < -0.39 is 5.76 Å². The topological polar surface area (TPSA) is 101 Å². The Bertz CT molecular complexity index is 722. The van der Waals surface area contributed by atoms with E-state index in [1.807, 2.05) is 6.07 Å². The molecule has 6 heteroatoms. The highest BCUT2D eigenvalue weighted by atomic mass is 16.4. The molecule has 3 aromatic rings. The van der Waals surface area contributed by atoms with Crippen LogP contribution in [0.1, 0.15) is 5.56 Å². The minimum atomic E-state index is -0.458. The van der Waals surface area contributed by atoms with Crippen LogP contribution >= 0.6 is 0 Å². The Morgan fingerprint density at radius 2 is 2.29 bits per heavy atom. The lowest BCUT2D eigenvalue weighted by atomic mass is 10.1. The van der Waals surface area contributed by atoms with Gasteiger partial charge in [-0.3, -0.25) is 10.1 Å². The number of hydrogen-bond donors (Lipinski definition) is 3. The molecule has 2 aromatic heterocycles. The van der Waals surface area contributed by atoms with Gasteiger partial charge in [0.1, 0.15) is 0 Å². The fraction of sp³-hybridized carbons (Fsp3) is 0.0909. The first-order chi connectivity index (χ1) is 8.28. The van der Waals surface area contributed by atoms with E-state index in [1.54, 1.807) is 18.3 Å². The average Bonchev–Trinajstić information content (AvgIpc) is 2.91. The van der Waals surface area contributed by atoms with Crippen LogP contribution in [-0.4, -0.2) is 15.2 Å². The molecule has 17 heavy (non-hydrogen) atoms. The first kappa shape index (κ1) is 9.86. The third-order valence-corrected chi connectivity index (χ3v) is 2.65. The van der Waals surface area contributed by atoms with Crippen molar-refractivity contribution in [1.29, 1.82) is 0 Å². The molecule has 0 saturated heterocycles. The number of nitrogens with zero attached hydrogens (tertiary/aromatic N) is 1. The Kier molecular flexibility index (Phi) is 2.09. The van der Waals surface area contributed by atoms with Gasteiger partial charge in [-0.25, -0.2) is 4.79 Å². The molecule has 0 aliphatic rings. The van der Waals surface area contributed by atoms with Gasteiger partial charge in [0.05, 0.1) is 17.4 Å². The van der Waals surface area contributed by atoms with E-state index in [-0.39, 0.29) is 0 Å². The molecule has 0 fully saturated rings. The molecule has 2 heterocycles. The Labute approximate surface area is 95.4 Å². The smallest absolute Gasteiger partial charge is 0.408 e. The van der Waals surface area contributed by atoms with Crippen molar-refractivity contribution in [2.45, 2.75) is 6.54 Å². The number of benzene rings is 1. The Morgan fingerprint density at radius 1 is 1.41 bits per heavy atom. The predicted octanol–water partition coefficient (Wildman–Crippen LogP) is 0.970. The molecule has 0 spiro atoms. The summed E-state index contributed by atoms with van der Waals surface area (Å²) in [5, 5.41) is 6.83. The number of nitrogens with one attached hydrogen (secondary N) is 2. The molecular weight excluding hydrogens is 220 g/mol. The monoisotopic (exact) mass is 230 g/mol. The van der Waals surface area contributed by atoms with E-state index in [0.29, 0.717) is 17.6 Å². The number of oxazole rings is 1. The minimum Gasteiger partial charge on any atom is -0.408 e. The third kappa shape index (κ3) is 1.55. The molecule has 0 bridgehead atoms. The number of fused-ring (bicyclic) bond motifs is 1. The summed E-state index contributed by atoms with van der Waals surface area (Å²) in [6, 6.07) is 5.44. The number of aromatic nitrogens is 3. The zero-order chi connectivity index (χ0) is 11.8. The number of H-pyrrole nitrogens is 2. The highest BCUT2D eigenvalue weighted by Gasteiger charge is 2.08. The first-order valence-corrected chi connectivity index (χ1v) is 5.13. The molecule has 6 nitrogen and oxygen atoms in total. The number of aromatic amines is 2. The highest BCUT2D eigenvalue weighted by molar-refractivity contribution is 5.79. The average molecular weight is 230 g/mol. The summed E-state index contributed by atoms with van der Waals surface area (Å²) in [5.74, 6) is -0.458. The van der Waals surface area contributed by atoms with Gasteiger partial charge < -0.3 is 10.2 Å². The van der Waals surface area contributed by atoms with Crippen LogP contribution in [0.5, 0.6) is 0 Å². The molecule has 0 aliphatic heterocycles. The molecule has 0 aliphatic carbocycles. The van der Waals surface area contributed by atoms with Crippen LogP contribution in [0.25, 0.3) is 22.4 Å². The normalized spacial score (nSPS) is 11.1. The summed E-state index contributed by atoms with van der Waals surface area (Å²) in [6.45, 7) is 0.404.